The van der Waals surface area contributed by atoms with Crippen LogP contribution < -0.4 is 10.1 Å². The number of nitrogens with zero attached hydrogens (tertiary/aromatic N) is 3. The summed E-state index contributed by atoms with van der Waals surface area (Å²) in [6.45, 7) is 0.557. The molecular weight excluding hydrogens is 520 g/mol. The van der Waals surface area contributed by atoms with Crippen LogP contribution in [0.15, 0.2) is 48.9 Å². The molecule has 4 aromatic rings. The molecule has 8 nitrogen and oxygen atoms in total. The fourth-order valence-electron chi connectivity index (χ4n) is 4.35. The van der Waals surface area contributed by atoms with Crippen LogP contribution in [0.2, 0.25) is 5.02 Å². The van der Waals surface area contributed by atoms with Crippen molar-refractivity contribution in [2.75, 3.05) is 18.2 Å². The van der Waals surface area contributed by atoms with Gasteiger partial charge in [-0.15, -0.1) is 11.3 Å². The number of aryl methyl sites for hydroxylation is 1. The molecule has 3 heterocycles. The Morgan fingerprint density at radius 1 is 1.19 bits per heavy atom. The normalized spacial score (nSPS) is 15.6. The van der Waals surface area contributed by atoms with E-state index in [1.807, 2.05) is 36.4 Å². The van der Waals surface area contributed by atoms with E-state index >= 15 is 0 Å². The van der Waals surface area contributed by atoms with Gasteiger partial charge in [-0.3, -0.25) is 9.17 Å². The Hall–Kier alpha value is -2.79. The topological polar surface area (TPSA) is 103 Å². The highest BCUT2D eigenvalue weighted by Crippen LogP contribution is 2.41. The van der Waals surface area contributed by atoms with Crippen LogP contribution in [0.3, 0.4) is 0 Å². The first-order valence-electron chi connectivity index (χ1n) is 11.5. The number of anilines is 2. The van der Waals surface area contributed by atoms with Crippen molar-refractivity contribution in [3.63, 3.8) is 0 Å². The number of hydrogen-bond acceptors (Lipinski definition) is 9. The monoisotopic (exact) mass is 544 g/mol. The molecule has 0 saturated carbocycles. The van der Waals surface area contributed by atoms with Gasteiger partial charge in [0.1, 0.15) is 29.3 Å². The van der Waals surface area contributed by atoms with Gasteiger partial charge in [0.15, 0.2) is 0 Å². The third kappa shape index (κ3) is 5.95. The van der Waals surface area contributed by atoms with Gasteiger partial charge in [0.05, 0.1) is 29.0 Å². The van der Waals surface area contributed by atoms with E-state index < -0.39 is 10.1 Å². The lowest BCUT2D eigenvalue weighted by Gasteiger charge is -2.22. The Morgan fingerprint density at radius 2 is 2.08 bits per heavy atom. The highest BCUT2D eigenvalue weighted by atomic mass is 35.5. The lowest BCUT2D eigenvalue weighted by molar-refractivity contribution is 0.274. The fourth-order valence-corrected chi connectivity index (χ4v) is 6.29. The van der Waals surface area contributed by atoms with Crippen LogP contribution in [0, 0.1) is 5.92 Å². The largest absolute Gasteiger partial charge is 0.486 e. The van der Waals surface area contributed by atoms with Crippen molar-refractivity contribution in [1.82, 2.24) is 15.0 Å². The Labute approximate surface area is 218 Å². The van der Waals surface area contributed by atoms with Crippen molar-refractivity contribution in [2.45, 2.75) is 32.3 Å². The number of benzene rings is 1. The fraction of sp³-hybridized carbons (Fsp3) is 0.320. The number of thiophene rings is 1. The van der Waals surface area contributed by atoms with Gasteiger partial charge in [0.25, 0.3) is 10.1 Å². The molecule has 0 bridgehead atoms. The lowest BCUT2D eigenvalue weighted by atomic mass is 9.86. The third-order valence-corrected chi connectivity index (χ3v) is 8.12. The number of nitrogens with one attached hydrogen (secondary N) is 1. The number of halogens is 1. The maximum Gasteiger partial charge on any atom is 0.264 e. The molecule has 3 aromatic heterocycles. The zero-order chi connectivity index (χ0) is 25.1. The second-order valence-corrected chi connectivity index (χ2v) is 11.8. The van der Waals surface area contributed by atoms with Gasteiger partial charge in [-0.2, -0.15) is 8.42 Å². The first-order valence-corrected chi connectivity index (χ1v) is 14.6. The molecule has 0 amide bonds. The number of pyridine rings is 1. The number of hydrogen-bond donors (Lipinski definition) is 1. The zero-order valence-corrected chi connectivity index (χ0v) is 22.0. The molecule has 0 fully saturated rings. The Bertz CT molecular complexity index is 1480. The summed E-state index contributed by atoms with van der Waals surface area (Å²) in [7, 11) is -3.41. The zero-order valence-electron chi connectivity index (χ0n) is 19.6. The average Bonchev–Trinajstić information content (AvgIpc) is 3.22. The van der Waals surface area contributed by atoms with Crippen molar-refractivity contribution < 1.29 is 17.3 Å². The molecule has 1 unspecified atom stereocenters. The van der Waals surface area contributed by atoms with E-state index in [1.54, 1.807) is 23.9 Å². The maximum atomic E-state index is 11.2. The molecule has 0 saturated heterocycles. The van der Waals surface area contributed by atoms with E-state index in [2.05, 4.69) is 20.3 Å². The minimum absolute atomic E-state index is 0.221. The van der Waals surface area contributed by atoms with Gasteiger partial charge in [0, 0.05) is 16.8 Å². The molecule has 1 aromatic carbocycles. The SMILES string of the molecule is CS(=O)(=O)OCCC1CCc2c(sc3ncnc(Nc4ccc(OCc5ccccn5)c(Cl)c4)c23)C1. The summed E-state index contributed by atoms with van der Waals surface area (Å²) in [5.74, 6) is 1.71. The molecule has 5 rings (SSSR count). The Balaban J connectivity index is 1.30. The van der Waals surface area contributed by atoms with E-state index in [0.717, 1.165) is 52.9 Å². The summed E-state index contributed by atoms with van der Waals surface area (Å²) in [5.41, 5.74) is 2.89. The average molecular weight is 545 g/mol. The standard InChI is InChI=1S/C25H25ClN4O4S2/c1-36(31,32)34-11-9-16-5-7-19-22(12-16)35-25-23(19)24(28-15-29-25)30-17-6-8-21(20(26)13-17)33-14-18-4-2-3-10-27-18/h2-4,6,8,10,13,15-16H,5,7,9,11-12,14H2,1H3,(H,28,29,30). The van der Waals surface area contributed by atoms with Crippen molar-refractivity contribution in [1.29, 1.82) is 0 Å². The third-order valence-electron chi connectivity index (χ3n) is 6.07. The van der Waals surface area contributed by atoms with Crippen LogP contribution in [0.4, 0.5) is 11.5 Å². The minimum Gasteiger partial charge on any atom is -0.486 e. The van der Waals surface area contributed by atoms with Crippen LogP contribution in [-0.2, 0) is 33.7 Å². The van der Waals surface area contributed by atoms with Gasteiger partial charge in [0.2, 0.25) is 0 Å². The van der Waals surface area contributed by atoms with Crippen molar-refractivity contribution in [3.05, 3.63) is 70.1 Å². The van der Waals surface area contributed by atoms with E-state index in [9.17, 15) is 8.42 Å². The van der Waals surface area contributed by atoms with Gasteiger partial charge >= 0.3 is 0 Å². The molecule has 1 aliphatic rings. The first-order chi connectivity index (χ1) is 17.4. The predicted octanol–water partition coefficient (Wildman–Crippen LogP) is 5.53. The number of ether oxygens (including phenoxy) is 1. The van der Waals surface area contributed by atoms with Crippen molar-refractivity contribution in [2.24, 2.45) is 5.92 Å². The first kappa shape index (κ1) is 24.9. The second kappa shape index (κ2) is 10.7. The second-order valence-electron chi connectivity index (χ2n) is 8.71. The highest BCUT2D eigenvalue weighted by Gasteiger charge is 2.25. The van der Waals surface area contributed by atoms with E-state index in [1.165, 1.54) is 10.4 Å². The van der Waals surface area contributed by atoms with Crippen LogP contribution in [0.5, 0.6) is 5.75 Å². The van der Waals surface area contributed by atoms with Crippen LogP contribution >= 0.6 is 22.9 Å². The maximum absolute atomic E-state index is 11.2. The van der Waals surface area contributed by atoms with Gasteiger partial charge in [-0.05, 0) is 67.5 Å². The molecule has 0 spiro atoms. The lowest BCUT2D eigenvalue weighted by Crippen LogP contribution is -2.16. The molecule has 11 heteroatoms. The van der Waals surface area contributed by atoms with Gasteiger partial charge < -0.3 is 10.1 Å². The van der Waals surface area contributed by atoms with Crippen LogP contribution in [-0.4, -0.2) is 36.2 Å². The van der Waals surface area contributed by atoms with Crippen LogP contribution in [0.1, 0.15) is 29.0 Å². The molecule has 0 aliphatic heterocycles. The van der Waals surface area contributed by atoms with Crippen molar-refractivity contribution >= 4 is 54.8 Å². The number of rotatable bonds is 9. The smallest absolute Gasteiger partial charge is 0.264 e. The van der Waals surface area contributed by atoms with Crippen LogP contribution in [0.25, 0.3) is 10.2 Å². The van der Waals surface area contributed by atoms with Crippen molar-refractivity contribution in [3.8, 4) is 5.75 Å². The highest BCUT2D eigenvalue weighted by molar-refractivity contribution is 7.85. The summed E-state index contributed by atoms with van der Waals surface area (Å²) < 4.78 is 33.3. The summed E-state index contributed by atoms with van der Waals surface area (Å²) in [6.07, 6.45) is 7.84. The number of fused-ring (bicyclic) bond motifs is 3. The quantitative estimate of drug-likeness (QED) is 0.274. The Kier molecular flexibility index (Phi) is 7.38. The van der Waals surface area contributed by atoms with Gasteiger partial charge in [-0.25, -0.2) is 9.97 Å². The molecule has 36 heavy (non-hydrogen) atoms. The van der Waals surface area contributed by atoms with E-state index in [-0.39, 0.29) is 6.61 Å². The molecule has 188 valence electrons. The molecular formula is C25H25ClN4O4S2. The van der Waals surface area contributed by atoms with E-state index in [0.29, 0.717) is 29.7 Å². The molecule has 0 radical (unpaired) electrons. The number of aromatic nitrogens is 3. The summed E-state index contributed by atoms with van der Waals surface area (Å²) in [5, 5.41) is 4.93. The summed E-state index contributed by atoms with van der Waals surface area (Å²) >= 11 is 8.17. The summed E-state index contributed by atoms with van der Waals surface area (Å²) in [4.78, 5) is 15.5. The molecule has 1 atom stereocenters. The van der Waals surface area contributed by atoms with E-state index in [4.69, 9.17) is 20.5 Å². The Morgan fingerprint density at radius 3 is 2.86 bits per heavy atom. The predicted molar refractivity (Wildman–Crippen MR) is 142 cm³/mol. The minimum atomic E-state index is -3.41. The molecule has 1 N–H and O–H groups in total. The molecule has 1 aliphatic carbocycles. The van der Waals surface area contributed by atoms with Gasteiger partial charge in [-0.1, -0.05) is 17.7 Å². The summed E-state index contributed by atoms with van der Waals surface area (Å²) in [6, 6.07) is 11.2.